The molecular formula is C17H18ClN3O. The molecule has 1 amide bonds. The van der Waals surface area contributed by atoms with E-state index < -0.39 is 0 Å². The van der Waals surface area contributed by atoms with Crippen molar-refractivity contribution in [3.8, 4) is 0 Å². The molecule has 22 heavy (non-hydrogen) atoms. The Bertz CT molecular complexity index is 622. The predicted molar refractivity (Wildman–Crippen MR) is 86.9 cm³/mol. The van der Waals surface area contributed by atoms with E-state index in [9.17, 15) is 4.79 Å². The zero-order valence-corrected chi connectivity index (χ0v) is 13.0. The summed E-state index contributed by atoms with van der Waals surface area (Å²) in [5, 5.41) is 0.546. The van der Waals surface area contributed by atoms with Gasteiger partial charge in [-0.3, -0.25) is 9.69 Å². The minimum Gasteiger partial charge on any atom is -0.335 e. The predicted octanol–water partition coefficient (Wildman–Crippen LogP) is 2.69. The normalized spacial score (nSPS) is 15.8. The Hall–Kier alpha value is -1.91. The highest BCUT2D eigenvalue weighted by molar-refractivity contribution is 6.30. The summed E-state index contributed by atoms with van der Waals surface area (Å²) in [4.78, 5) is 20.7. The van der Waals surface area contributed by atoms with Gasteiger partial charge in [0.15, 0.2) is 0 Å². The number of hydrogen-bond donors (Lipinski definition) is 0. The summed E-state index contributed by atoms with van der Waals surface area (Å²) in [6, 6.07) is 13.8. The molecule has 0 N–H and O–H groups in total. The maximum Gasteiger partial charge on any atom is 0.272 e. The first-order valence-electron chi connectivity index (χ1n) is 7.39. The van der Waals surface area contributed by atoms with Crippen molar-refractivity contribution in [3.05, 3.63) is 64.9 Å². The highest BCUT2D eigenvalue weighted by Crippen LogP contribution is 2.12. The largest absolute Gasteiger partial charge is 0.335 e. The third-order valence-electron chi connectivity index (χ3n) is 3.86. The molecule has 114 valence electrons. The fraction of sp³-hybridized carbons (Fsp3) is 0.294. The van der Waals surface area contributed by atoms with E-state index in [1.165, 1.54) is 11.8 Å². The first-order valence-corrected chi connectivity index (χ1v) is 7.77. The maximum absolute atomic E-state index is 12.4. The molecule has 1 fully saturated rings. The van der Waals surface area contributed by atoms with Crippen LogP contribution in [0.15, 0.2) is 48.7 Å². The van der Waals surface area contributed by atoms with Gasteiger partial charge in [-0.15, -0.1) is 0 Å². The molecule has 0 spiro atoms. The van der Waals surface area contributed by atoms with E-state index >= 15 is 0 Å². The molecule has 0 atom stereocenters. The van der Waals surface area contributed by atoms with Crippen LogP contribution >= 0.6 is 11.6 Å². The Kier molecular flexibility index (Phi) is 4.71. The third-order valence-corrected chi connectivity index (χ3v) is 4.08. The Balaban J connectivity index is 1.55. The van der Waals surface area contributed by atoms with Crippen molar-refractivity contribution in [2.45, 2.75) is 6.54 Å². The van der Waals surface area contributed by atoms with Crippen molar-refractivity contribution in [2.75, 3.05) is 26.2 Å². The lowest BCUT2D eigenvalue weighted by Gasteiger charge is -2.34. The molecule has 2 aromatic rings. The molecule has 0 bridgehead atoms. The highest BCUT2D eigenvalue weighted by Gasteiger charge is 2.22. The molecule has 5 heteroatoms. The summed E-state index contributed by atoms with van der Waals surface area (Å²) < 4.78 is 0. The van der Waals surface area contributed by atoms with Crippen molar-refractivity contribution in [1.29, 1.82) is 0 Å². The van der Waals surface area contributed by atoms with Crippen LogP contribution in [0.5, 0.6) is 0 Å². The van der Waals surface area contributed by atoms with Crippen molar-refractivity contribution in [3.63, 3.8) is 0 Å². The number of rotatable bonds is 3. The van der Waals surface area contributed by atoms with Gasteiger partial charge >= 0.3 is 0 Å². The van der Waals surface area contributed by atoms with Gasteiger partial charge in [0.1, 0.15) is 5.69 Å². The molecule has 4 nitrogen and oxygen atoms in total. The lowest BCUT2D eigenvalue weighted by Crippen LogP contribution is -2.48. The quantitative estimate of drug-likeness (QED) is 0.874. The number of benzene rings is 1. The van der Waals surface area contributed by atoms with E-state index in [4.69, 9.17) is 11.6 Å². The molecule has 3 rings (SSSR count). The molecule has 1 saturated heterocycles. The molecule has 0 radical (unpaired) electrons. The fourth-order valence-electron chi connectivity index (χ4n) is 2.62. The first-order chi connectivity index (χ1) is 10.7. The van der Waals surface area contributed by atoms with Crippen LogP contribution < -0.4 is 0 Å². The van der Waals surface area contributed by atoms with E-state index in [1.54, 1.807) is 12.1 Å². The SMILES string of the molecule is O=C(c1ccc(Cl)cn1)N1CCN(Cc2ccccc2)CC1. The van der Waals surface area contributed by atoms with Crippen molar-refractivity contribution >= 4 is 17.5 Å². The zero-order valence-electron chi connectivity index (χ0n) is 12.3. The monoisotopic (exact) mass is 315 g/mol. The molecule has 0 aliphatic carbocycles. The number of aromatic nitrogens is 1. The van der Waals surface area contributed by atoms with Gasteiger partial charge in [-0.05, 0) is 17.7 Å². The fourth-order valence-corrected chi connectivity index (χ4v) is 2.73. The van der Waals surface area contributed by atoms with E-state index in [-0.39, 0.29) is 5.91 Å². The summed E-state index contributed by atoms with van der Waals surface area (Å²) in [7, 11) is 0. The zero-order chi connectivity index (χ0) is 15.4. The Morgan fingerprint density at radius 2 is 1.77 bits per heavy atom. The number of hydrogen-bond acceptors (Lipinski definition) is 3. The van der Waals surface area contributed by atoms with Crippen LogP contribution in [0.1, 0.15) is 16.1 Å². The van der Waals surface area contributed by atoms with Crippen LogP contribution in [0.25, 0.3) is 0 Å². The van der Waals surface area contributed by atoms with Crippen LogP contribution in [0, 0.1) is 0 Å². The van der Waals surface area contributed by atoms with Gasteiger partial charge in [0, 0.05) is 38.9 Å². The molecular weight excluding hydrogens is 298 g/mol. The molecule has 1 aliphatic heterocycles. The smallest absolute Gasteiger partial charge is 0.272 e. The second-order valence-corrected chi connectivity index (χ2v) is 5.85. The van der Waals surface area contributed by atoms with Gasteiger partial charge in [0.25, 0.3) is 5.91 Å². The maximum atomic E-state index is 12.4. The van der Waals surface area contributed by atoms with E-state index in [2.05, 4.69) is 34.1 Å². The van der Waals surface area contributed by atoms with Crippen LogP contribution in [-0.2, 0) is 6.54 Å². The van der Waals surface area contributed by atoms with E-state index in [0.717, 1.165) is 32.7 Å². The van der Waals surface area contributed by atoms with Gasteiger partial charge in [-0.2, -0.15) is 0 Å². The van der Waals surface area contributed by atoms with Crippen molar-refractivity contribution in [1.82, 2.24) is 14.8 Å². The minimum atomic E-state index is -0.0176. The molecule has 1 aliphatic rings. The molecule has 0 saturated carbocycles. The van der Waals surface area contributed by atoms with Crippen LogP contribution in [0.2, 0.25) is 5.02 Å². The molecule has 1 aromatic carbocycles. The van der Waals surface area contributed by atoms with E-state index in [1.807, 2.05) is 11.0 Å². The average Bonchev–Trinajstić information content (AvgIpc) is 2.57. The minimum absolute atomic E-state index is 0.0176. The van der Waals surface area contributed by atoms with Crippen LogP contribution in [0.4, 0.5) is 0 Å². The molecule has 1 aromatic heterocycles. The summed E-state index contributed by atoms with van der Waals surface area (Å²) in [6.45, 7) is 4.16. The number of amides is 1. The number of carbonyl (C=O) groups excluding carboxylic acids is 1. The van der Waals surface area contributed by atoms with Gasteiger partial charge in [0.2, 0.25) is 0 Å². The topological polar surface area (TPSA) is 36.4 Å². The number of halogens is 1. The lowest BCUT2D eigenvalue weighted by atomic mass is 10.2. The highest BCUT2D eigenvalue weighted by atomic mass is 35.5. The third kappa shape index (κ3) is 3.64. The van der Waals surface area contributed by atoms with Gasteiger partial charge in [-0.25, -0.2) is 4.98 Å². The van der Waals surface area contributed by atoms with Crippen LogP contribution in [0.3, 0.4) is 0 Å². The Morgan fingerprint density at radius 3 is 2.41 bits per heavy atom. The van der Waals surface area contributed by atoms with Crippen LogP contribution in [-0.4, -0.2) is 46.9 Å². The summed E-state index contributed by atoms with van der Waals surface area (Å²) in [5.74, 6) is -0.0176. The van der Waals surface area contributed by atoms with Crippen molar-refractivity contribution in [2.24, 2.45) is 0 Å². The Morgan fingerprint density at radius 1 is 1.05 bits per heavy atom. The second-order valence-electron chi connectivity index (χ2n) is 5.42. The standard InChI is InChI=1S/C17H18ClN3O/c18-15-6-7-16(19-12-15)17(22)21-10-8-20(9-11-21)13-14-4-2-1-3-5-14/h1-7,12H,8-11,13H2. The van der Waals surface area contributed by atoms with E-state index in [0.29, 0.717) is 10.7 Å². The van der Waals surface area contributed by atoms with Gasteiger partial charge < -0.3 is 4.90 Å². The number of nitrogens with zero attached hydrogens (tertiary/aromatic N) is 3. The second kappa shape index (κ2) is 6.90. The number of pyridine rings is 1. The average molecular weight is 316 g/mol. The molecule has 2 heterocycles. The molecule has 0 unspecified atom stereocenters. The number of carbonyl (C=O) groups is 1. The Labute approximate surface area is 135 Å². The summed E-state index contributed by atoms with van der Waals surface area (Å²) >= 11 is 5.80. The summed E-state index contributed by atoms with van der Waals surface area (Å²) in [6.07, 6.45) is 1.51. The summed E-state index contributed by atoms with van der Waals surface area (Å²) in [5.41, 5.74) is 1.77. The van der Waals surface area contributed by atoms with Crippen molar-refractivity contribution < 1.29 is 4.79 Å². The lowest BCUT2D eigenvalue weighted by molar-refractivity contribution is 0.0623. The van der Waals surface area contributed by atoms with Gasteiger partial charge in [0.05, 0.1) is 5.02 Å². The number of piperazine rings is 1. The first kappa shape index (κ1) is 15.0. The van der Waals surface area contributed by atoms with Gasteiger partial charge in [-0.1, -0.05) is 41.9 Å².